The normalized spacial score (nSPS) is 10.8. The molecule has 0 saturated carbocycles. The predicted octanol–water partition coefficient (Wildman–Crippen LogP) is 5.27. The van der Waals surface area contributed by atoms with E-state index in [9.17, 15) is 4.79 Å². The van der Waals surface area contributed by atoms with Gasteiger partial charge in [-0.2, -0.15) is 0 Å². The van der Waals surface area contributed by atoms with E-state index in [0.29, 0.717) is 34.8 Å². The first-order chi connectivity index (χ1) is 17.0. The smallest absolute Gasteiger partial charge is 0.247 e. The van der Waals surface area contributed by atoms with Crippen molar-refractivity contribution in [2.45, 2.75) is 6.92 Å². The Kier molecular flexibility index (Phi) is 5.68. The zero-order valence-electron chi connectivity index (χ0n) is 19.0. The van der Waals surface area contributed by atoms with Crippen molar-refractivity contribution < 1.29 is 9.53 Å². The van der Waals surface area contributed by atoms with Gasteiger partial charge in [-0.05, 0) is 61.5 Å². The number of hydrogen-bond donors (Lipinski definition) is 2. The van der Waals surface area contributed by atoms with Crippen LogP contribution in [-0.4, -0.2) is 25.3 Å². The van der Waals surface area contributed by atoms with E-state index in [2.05, 4.69) is 21.9 Å². The number of benzene rings is 2. The minimum absolute atomic E-state index is 0.283. The lowest BCUT2D eigenvalue weighted by Crippen LogP contribution is -2.07. The van der Waals surface area contributed by atoms with Gasteiger partial charge in [-0.25, -0.2) is 15.0 Å². The van der Waals surface area contributed by atoms with Crippen LogP contribution in [0.5, 0.6) is 11.6 Å². The topological polar surface area (TPSA) is 107 Å². The molecule has 172 valence electrons. The fourth-order valence-corrected chi connectivity index (χ4v) is 3.77. The van der Waals surface area contributed by atoms with E-state index in [1.165, 1.54) is 6.08 Å². The number of hydrogen-bond acceptors (Lipinski definition) is 6. The molecule has 3 heterocycles. The van der Waals surface area contributed by atoms with Crippen LogP contribution in [0.4, 0.5) is 11.6 Å². The van der Waals surface area contributed by atoms with Crippen LogP contribution in [0.25, 0.3) is 28.2 Å². The van der Waals surface area contributed by atoms with Gasteiger partial charge in [0.25, 0.3) is 0 Å². The third kappa shape index (κ3) is 4.32. The highest BCUT2D eigenvalue weighted by Gasteiger charge is 2.17. The summed E-state index contributed by atoms with van der Waals surface area (Å²) < 4.78 is 7.73. The molecule has 8 heteroatoms. The average Bonchev–Trinajstić information content (AvgIpc) is 3.27. The number of carbonyl (C=O) groups is 1. The van der Waals surface area contributed by atoms with Crippen molar-refractivity contribution in [3.8, 4) is 34.3 Å². The molecule has 1 amide bonds. The van der Waals surface area contributed by atoms with Crippen LogP contribution in [0, 0.1) is 6.92 Å². The second-order valence-electron chi connectivity index (χ2n) is 7.83. The van der Waals surface area contributed by atoms with Crippen molar-refractivity contribution in [3.63, 3.8) is 0 Å². The van der Waals surface area contributed by atoms with E-state index in [1.54, 1.807) is 12.4 Å². The Labute approximate surface area is 201 Å². The fraction of sp³-hybridized carbons (Fsp3) is 0.0370. The zero-order chi connectivity index (χ0) is 24.4. The minimum Gasteiger partial charge on any atom is -0.439 e. The van der Waals surface area contributed by atoms with Crippen molar-refractivity contribution in [1.29, 1.82) is 0 Å². The molecular weight excluding hydrogens is 440 g/mol. The highest BCUT2D eigenvalue weighted by molar-refractivity contribution is 5.99. The Hall–Kier alpha value is -4.98. The van der Waals surface area contributed by atoms with Crippen LogP contribution < -0.4 is 15.8 Å². The average molecular weight is 463 g/mol. The number of nitrogen functional groups attached to an aromatic ring is 1. The Morgan fingerprint density at radius 3 is 2.63 bits per heavy atom. The van der Waals surface area contributed by atoms with E-state index in [0.717, 1.165) is 22.2 Å². The highest BCUT2D eigenvalue weighted by atomic mass is 16.5. The van der Waals surface area contributed by atoms with Gasteiger partial charge in [-0.15, -0.1) is 0 Å². The Bertz CT molecular complexity index is 1560. The summed E-state index contributed by atoms with van der Waals surface area (Å²) in [5.74, 6) is 1.90. The van der Waals surface area contributed by atoms with Crippen molar-refractivity contribution >= 4 is 23.1 Å². The number of aromatic nitrogens is 4. The summed E-state index contributed by atoms with van der Waals surface area (Å²) in [7, 11) is 0. The molecule has 0 aliphatic rings. The standard InChI is InChI=1S/C27H22N6O2/c1-3-23(34)31-20-8-4-7-19(16-20)24-22-13-15-30-27(28)33(22)25(32-24)18-9-11-21(12-10-18)35-26-17(2)6-5-14-29-26/h3-16H,1H2,2H3,(H2,28,30)(H,31,34). The zero-order valence-corrected chi connectivity index (χ0v) is 19.0. The predicted molar refractivity (Wildman–Crippen MR) is 136 cm³/mol. The molecule has 3 aromatic heterocycles. The van der Waals surface area contributed by atoms with Crippen molar-refractivity contribution in [2.24, 2.45) is 0 Å². The van der Waals surface area contributed by atoms with Crippen LogP contribution in [0.15, 0.2) is 91.8 Å². The van der Waals surface area contributed by atoms with Gasteiger partial charge >= 0.3 is 0 Å². The van der Waals surface area contributed by atoms with E-state index >= 15 is 0 Å². The fourth-order valence-electron chi connectivity index (χ4n) is 3.77. The Balaban J connectivity index is 1.55. The number of nitrogens with zero attached hydrogens (tertiary/aromatic N) is 4. The van der Waals surface area contributed by atoms with Crippen molar-refractivity contribution in [2.75, 3.05) is 11.1 Å². The van der Waals surface area contributed by atoms with Gasteiger partial charge in [0.1, 0.15) is 11.6 Å². The summed E-state index contributed by atoms with van der Waals surface area (Å²) in [6.07, 6.45) is 4.57. The van der Waals surface area contributed by atoms with Gasteiger partial charge in [-0.1, -0.05) is 24.8 Å². The van der Waals surface area contributed by atoms with Gasteiger partial charge in [0.15, 0.2) is 0 Å². The third-order valence-corrected chi connectivity index (χ3v) is 5.46. The first-order valence-corrected chi connectivity index (χ1v) is 10.9. The maximum Gasteiger partial charge on any atom is 0.247 e. The molecule has 0 spiro atoms. The van der Waals surface area contributed by atoms with Gasteiger partial charge in [-0.3, -0.25) is 9.20 Å². The number of anilines is 2. The molecule has 35 heavy (non-hydrogen) atoms. The lowest BCUT2D eigenvalue weighted by molar-refractivity contribution is -0.111. The number of amides is 1. The molecule has 3 N–H and O–H groups in total. The van der Waals surface area contributed by atoms with Crippen LogP contribution in [-0.2, 0) is 4.79 Å². The summed E-state index contributed by atoms with van der Waals surface area (Å²) in [4.78, 5) is 25.2. The van der Waals surface area contributed by atoms with E-state index in [-0.39, 0.29) is 5.91 Å². The second-order valence-corrected chi connectivity index (χ2v) is 7.83. The summed E-state index contributed by atoms with van der Waals surface area (Å²) >= 11 is 0. The number of imidazole rings is 1. The lowest BCUT2D eigenvalue weighted by Gasteiger charge is -2.08. The molecule has 0 atom stereocenters. The van der Waals surface area contributed by atoms with Crippen molar-refractivity contribution in [3.05, 3.63) is 97.3 Å². The number of nitrogens with two attached hydrogens (primary N) is 1. The largest absolute Gasteiger partial charge is 0.439 e. The number of carbonyl (C=O) groups excluding carboxylic acids is 1. The first-order valence-electron chi connectivity index (χ1n) is 10.9. The van der Waals surface area contributed by atoms with E-state index in [1.807, 2.05) is 78.1 Å². The van der Waals surface area contributed by atoms with E-state index < -0.39 is 0 Å². The monoisotopic (exact) mass is 462 g/mol. The molecule has 8 nitrogen and oxygen atoms in total. The highest BCUT2D eigenvalue weighted by Crippen LogP contribution is 2.33. The molecule has 0 fully saturated rings. The van der Waals surface area contributed by atoms with Gasteiger partial charge in [0.05, 0.1) is 11.2 Å². The number of rotatable bonds is 6. The SMILES string of the molecule is C=CC(=O)Nc1cccc(-c2nc(-c3ccc(Oc4ncccc4C)cc3)n3c(N)nccc23)c1. The van der Waals surface area contributed by atoms with Crippen LogP contribution in [0.3, 0.4) is 0 Å². The van der Waals surface area contributed by atoms with Gasteiger partial charge in [0.2, 0.25) is 17.7 Å². The molecule has 2 aromatic carbocycles. The number of ether oxygens (including phenoxy) is 1. The van der Waals surface area contributed by atoms with Crippen LogP contribution in [0.2, 0.25) is 0 Å². The summed E-state index contributed by atoms with van der Waals surface area (Å²) in [6, 6.07) is 20.7. The minimum atomic E-state index is -0.283. The molecular formula is C27H22N6O2. The number of fused-ring (bicyclic) bond motifs is 1. The number of aryl methyl sites for hydroxylation is 1. The van der Waals surface area contributed by atoms with Crippen LogP contribution in [0.1, 0.15) is 5.56 Å². The van der Waals surface area contributed by atoms with Crippen LogP contribution >= 0.6 is 0 Å². The molecule has 5 aromatic rings. The molecule has 0 saturated heterocycles. The Morgan fingerprint density at radius 2 is 1.86 bits per heavy atom. The quantitative estimate of drug-likeness (QED) is 0.333. The summed E-state index contributed by atoms with van der Waals surface area (Å²) in [5, 5.41) is 2.78. The summed E-state index contributed by atoms with van der Waals surface area (Å²) in [5.41, 5.74) is 11.0. The van der Waals surface area contributed by atoms with Gasteiger partial charge in [0, 0.05) is 34.8 Å². The maximum atomic E-state index is 11.7. The second kappa shape index (κ2) is 9.11. The molecule has 0 bridgehead atoms. The Morgan fingerprint density at radius 1 is 1.03 bits per heavy atom. The molecule has 0 unspecified atom stereocenters. The molecule has 0 aliphatic heterocycles. The molecule has 0 radical (unpaired) electrons. The molecule has 5 rings (SSSR count). The van der Waals surface area contributed by atoms with E-state index in [4.69, 9.17) is 15.5 Å². The van der Waals surface area contributed by atoms with Crippen molar-refractivity contribution in [1.82, 2.24) is 19.4 Å². The lowest BCUT2D eigenvalue weighted by atomic mass is 10.1. The molecule has 0 aliphatic carbocycles. The number of pyridine rings is 1. The van der Waals surface area contributed by atoms with Gasteiger partial charge < -0.3 is 15.8 Å². The third-order valence-electron chi connectivity index (χ3n) is 5.46. The maximum absolute atomic E-state index is 11.7. The first kappa shape index (κ1) is 21.8. The summed E-state index contributed by atoms with van der Waals surface area (Å²) in [6.45, 7) is 5.44. The number of nitrogens with one attached hydrogen (secondary N) is 1.